The first-order valence-corrected chi connectivity index (χ1v) is 6.84. The van der Waals surface area contributed by atoms with Gasteiger partial charge in [-0.25, -0.2) is 0 Å². The van der Waals surface area contributed by atoms with Crippen LogP contribution in [0, 0.1) is 0 Å². The molecule has 92 valence electrons. The lowest BCUT2D eigenvalue weighted by Crippen LogP contribution is -1.85. The van der Waals surface area contributed by atoms with Gasteiger partial charge in [0.15, 0.2) is 0 Å². The van der Waals surface area contributed by atoms with Crippen molar-refractivity contribution >= 4 is 18.0 Å². The number of benzene rings is 2. The molecule has 0 amide bonds. The van der Waals surface area contributed by atoms with Crippen molar-refractivity contribution in [2.75, 3.05) is 0 Å². The summed E-state index contributed by atoms with van der Waals surface area (Å²) in [7, 11) is 0. The molecule has 0 radical (unpaired) electrons. The smallest absolute Gasteiger partial charge is 0.150 e. The average Bonchev–Trinajstić information content (AvgIpc) is 2.40. The van der Waals surface area contributed by atoms with E-state index in [2.05, 4.69) is 38.1 Å². The molecule has 2 aromatic carbocycles. The lowest BCUT2D eigenvalue weighted by Gasteiger charge is -2.06. The minimum Gasteiger partial charge on any atom is -0.298 e. The third-order valence-electron chi connectivity index (χ3n) is 2.80. The van der Waals surface area contributed by atoms with Gasteiger partial charge < -0.3 is 0 Å². The zero-order valence-corrected chi connectivity index (χ0v) is 11.4. The van der Waals surface area contributed by atoms with Crippen LogP contribution in [-0.4, -0.2) is 6.29 Å². The highest BCUT2D eigenvalue weighted by atomic mass is 32.2. The zero-order valence-electron chi connectivity index (χ0n) is 10.6. The molecular formula is C16H16OS. The van der Waals surface area contributed by atoms with E-state index in [4.69, 9.17) is 0 Å². The van der Waals surface area contributed by atoms with Crippen LogP contribution in [0.25, 0.3) is 0 Å². The van der Waals surface area contributed by atoms with E-state index in [1.165, 1.54) is 10.5 Å². The number of rotatable bonds is 4. The summed E-state index contributed by atoms with van der Waals surface area (Å²) < 4.78 is 0. The molecule has 0 aromatic heterocycles. The summed E-state index contributed by atoms with van der Waals surface area (Å²) >= 11 is 1.71. The van der Waals surface area contributed by atoms with Crippen molar-refractivity contribution in [1.29, 1.82) is 0 Å². The molecule has 0 fully saturated rings. The molecule has 0 aliphatic heterocycles. The highest BCUT2D eigenvalue weighted by Crippen LogP contribution is 2.28. The van der Waals surface area contributed by atoms with Crippen LogP contribution >= 0.6 is 11.8 Å². The van der Waals surface area contributed by atoms with Crippen LogP contribution in [0.5, 0.6) is 0 Å². The number of carbonyl (C=O) groups excluding carboxylic acids is 1. The van der Waals surface area contributed by atoms with Crippen molar-refractivity contribution < 1.29 is 4.79 Å². The molecular weight excluding hydrogens is 240 g/mol. The second kappa shape index (κ2) is 5.87. The van der Waals surface area contributed by atoms with E-state index in [-0.39, 0.29) is 0 Å². The number of hydrogen-bond acceptors (Lipinski definition) is 2. The van der Waals surface area contributed by atoms with Crippen LogP contribution in [0.3, 0.4) is 0 Å². The largest absolute Gasteiger partial charge is 0.298 e. The van der Waals surface area contributed by atoms with Crippen molar-refractivity contribution in [2.45, 2.75) is 29.6 Å². The van der Waals surface area contributed by atoms with Gasteiger partial charge in [-0.05, 0) is 35.7 Å². The number of aldehydes is 1. The summed E-state index contributed by atoms with van der Waals surface area (Å²) in [5.41, 5.74) is 2.07. The van der Waals surface area contributed by atoms with Gasteiger partial charge in [0.1, 0.15) is 6.29 Å². The first kappa shape index (κ1) is 12.9. The Morgan fingerprint density at radius 1 is 0.889 bits per heavy atom. The molecule has 18 heavy (non-hydrogen) atoms. The molecule has 0 N–H and O–H groups in total. The SMILES string of the molecule is CC(C)c1ccc(Sc2ccc(C=O)cc2)cc1. The maximum absolute atomic E-state index is 10.6. The summed E-state index contributed by atoms with van der Waals surface area (Å²) in [6, 6.07) is 16.3. The minimum absolute atomic E-state index is 0.566. The molecule has 2 rings (SSSR count). The van der Waals surface area contributed by atoms with Crippen LogP contribution in [0.1, 0.15) is 35.7 Å². The van der Waals surface area contributed by atoms with E-state index in [9.17, 15) is 4.79 Å². The molecule has 0 bridgehead atoms. The Morgan fingerprint density at radius 3 is 1.83 bits per heavy atom. The van der Waals surface area contributed by atoms with Gasteiger partial charge >= 0.3 is 0 Å². The van der Waals surface area contributed by atoms with Gasteiger partial charge in [-0.15, -0.1) is 0 Å². The Hall–Kier alpha value is -1.54. The molecule has 0 spiro atoms. The van der Waals surface area contributed by atoms with E-state index in [0.29, 0.717) is 5.92 Å². The molecule has 0 atom stereocenters. The van der Waals surface area contributed by atoms with Crippen LogP contribution in [0.4, 0.5) is 0 Å². The van der Waals surface area contributed by atoms with Crippen molar-refractivity contribution in [3.8, 4) is 0 Å². The predicted octanol–water partition coefficient (Wildman–Crippen LogP) is 4.77. The van der Waals surface area contributed by atoms with Crippen molar-refractivity contribution in [1.82, 2.24) is 0 Å². The summed E-state index contributed by atoms with van der Waals surface area (Å²) in [6.07, 6.45) is 0.867. The van der Waals surface area contributed by atoms with Gasteiger partial charge in [0, 0.05) is 15.4 Å². The molecule has 2 heteroatoms. The monoisotopic (exact) mass is 256 g/mol. The molecule has 0 heterocycles. The number of carbonyl (C=O) groups is 1. The fourth-order valence-electron chi connectivity index (χ4n) is 1.67. The van der Waals surface area contributed by atoms with E-state index in [1.54, 1.807) is 11.8 Å². The predicted molar refractivity (Wildman–Crippen MR) is 76.5 cm³/mol. The van der Waals surface area contributed by atoms with Gasteiger partial charge in [0.2, 0.25) is 0 Å². The summed E-state index contributed by atoms with van der Waals surface area (Å²) in [5, 5.41) is 0. The third-order valence-corrected chi connectivity index (χ3v) is 3.81. The van der Waals surface area contributed by atoms with E-state index < -0.39 is 0 Å². The lowest BCUT2D eigenvalue weighted by molar-refractivity contribution is 0.112. The van der Waals surface area contributed by atoms with Crippen LogP contribution in [-0.2, 0) is 0 Å². The van der Waals surface area contributed by atoms with Crippen molar-refractivity contribution in [3.63, 3.8) is 0 Å². The lowest BCUT2D eigenvalue weighted by atomic mass is 10.0. The molecule has 0 aliphatic rings. The first-order chi connectivity index (χ1) is 8.69. The van der Waals surface area contributed by atoms with Gasteiger partial charge in [-0.1, -0.05) is 49.9 Å². The van der Waals surface area contributed by atoms with Gasteiger partial charge in [-0.3, -0.25) is 4.79 Å². The second-order valence-electron chi connectivity index (χ2n) is 4.51. The van der Waals surface area contributed by atoms with Crippen LogP contribution in [0.2, 0.25) is 0 Å². The van der Waals surface area contributed by atoms with E-state index >= 15 is 0 Å². The fraction of sp³-hybridized carbons (Fsp3) is 0.188. The quantitative estimate of drug-likeness (QED) is 0.733. The molecule has 0 unspecified atom stereocenters. The Labute approximate surface area is 112 Å². The van der Waals surface area contributed by atoms with Gasteiger partial charge in [0.05, 0.1) is 0 Å². The Balaban J connectivity index is 2.10. The second-order valence-corrected chi connectivity index (χ2v) is 5.66. The highest BCUT2D eigenvalue weighted by Gasteiger charge is 2.01. The highest BCUT2D eigenvalue weighted by molar-refractivity contribution is 7.99. The standard InChI is InChI=1S/C16H16OS/c1-12(2)14-5-9-16(10-6-14)18-15-7-3-13(11-17)4-8-15/h3-12H,1-2H3. The first-order valence-electron chi connectivity index (χ1n) is 6.02. The van der Waals surface area contributed by atoms with Crippen LogP contribution < -0.4 is 0 Å². The maximum Gasteiger partial charge on any atom is 0.150 e. The maximum atomic E-state index is 10.6. The molecule has 1 nitrogen and oxygen atoms in total. The minimum atomic E-state index is 0.566. The van der Waals surface area contributed by atoms with E-state index in [0.717, 1.165) is 16.7 Å². The fourth-order valence-corrected chi connectivity index (χ4v) is 2.49. The molecule has 0 saturated carbocycles. The Kier molecular flexibility index (Phi) is 4.21. The van der Waals surface area contributed by atoms with Crippen molar-refractivity contribution in [3.05, 3.63) is 59.7 Å². The van der Waals surface area contributed by atoms with Crippen molar-refractivity contribution in [2.24, 2.45) is 0 Å². The Bertz CT molecular complexity index is 512. The third kappa shape index (κ3) is 3.23. The topological polar surface area (TPSA) is 17.1 Å². The molecule has 2 aromatic rings. The van der Waals surface area contributed by atoms with E-state index in [1.807, 2.05) is 24.3 Å². The summed E-state index contributed by atoms with van der Waals surface area (Å²) in [4.78, 5) is 12.9. The van der Waals surface area contributed by atoms with Crippen LogP contribution in [0.15, 0.2) is 58.3 Å². The normalized spacial score (nSPS) is 10.6. The van der Waals surface area contributed by atoms with Gasteiger partial charge in [0.25, 0.3) is 0 Å². The van der Waals surface area contributed by atoms with Gasteiger partial charge in [-0.2, -0.15) is 0 Å². The summed E-state index contributed by atoms with van der Waals surface area (Å²) in [6.45, 7) is 4.39. The Morgan fingerprint density at radius 2 is 1.39 bits per heavy atom. The average molecular weight is 256 g/mol. The molecule has 0 aliphatic carbocycles. The molecule has 0 saturated heterocycles. The summed E-state index contributed by atoms with van der Waals surface area (Å²) in [5.74, 6) is 0.566. The number of hydrogen-bond donors (Lipinski definition) is 0. The zero-order chi connectivity index (χ0) is 13.0.